The zero-order valence-corrected chi connectivity index (χ0v) is 10.5. The third-order valence-electron chi connectivity index (χ3n) is 3.07. The zero-order chi connectivity index (χ0) is 15.8. The first kappa shape index (κ1) is 15.5. The molecule has 0 amide bonds. The molecule has 1 aromatic heterocycles. The molecule has 2 rings (SSSR count). The number of ether oxygens (including phenoxy) is 1. The maximum Gasteiger partial charge on any atom is 0.351 e. The molecule has 116 valence electrons. The fourth-order valence-corrected chi connectivity index (χ4v) is 1.98. The van der Waals surface area contributed by atoms with E-state index in [1.54, 1.807) is 0 Å². The Bertz CT molecular complexity index is 619. The molecule has 1 aliphatic heterocycles. The molecule has 4 N–H and O–H groups in total. The van der Waals surface area contributed by atoms with Gasteiger partial charge in [0.05, 0.1) is 12.9 Å². The molecule has 0 aliphatic carbocycles. The summed E-state index contributed by atoms with van der Waals surface area (Å²) in [4.78, 5) is 15.0. The summed E-state index contributed by atoms with van der Waals surface area (Å²) in [5.41, 5.74) is 4.10. The molecule has 1 aromatic rings. The van der Waals surface area contributed by atoms with Crippen molar-refractivity contribution in [1.29, 1.82) is 0 Å². The summed E-state index contributed by atoms with van der Waals surface area (Å²) in [5, 5.41) is 18.3. The second kappa shape index (κ2) is 5.47. The molecular weight excluding hydrogens is 295 g/mol. The molecule has 1 aliphatic rings. The molecule has 1 saturated heterocycles. The number of alkyl halides is 2. The van der Waals surface area contributed by atoms with Crippen molar-refractivity contribution in [2.45, 2.75) is 24.4 Å². The van der Waals surface area contributed by atoms with Crippen LogP contribution in [0.1, 0.15) is 11.8 Å². The molecule has 0 radical (unpaired) electrons. The van der Waals surface area contributed by atoms with E-state index in [1.165, 1.54) is 0 Å². The Morgan fingerprint density at radius 1 is 1.57 bits per heavy atom. The van der Waals surface area contributed by atoms with Gasteiger partial charge in [-0.25, -0.2) is 9.18 Å². The van der Waals surface area contributed by atoms with Gasteiger partial charge in [-0.1, -0.05) is 0 Å². The third-order valence-corrected chi connectivity index (χ3v) is 3.07. The van der Waals surface area contributed by atoms with Gasteiger partial charge in [0.2, 0.25) is 6.23 Å². The quantitative estimate of drug-likeness (QED) is 0.704. The van der Waals surface area contributed by atoms with Gasteiger partial charge in [-0.3, -0.25) is 4.57 Å². The number of aliphatic hydroxyl groups excluding tert-OH is 2. The molecule has 0 spiro atoms. The first-order valence-corrected chi connectivity index (χ1v) is 5.80. The van der Waals surface area contributed by atoms with E-state index in [-0.39, 0.29) is 17.7 Å². The predicted molar refractivity (Wildman–Crippen MR) is 65.0 cm³/mol. The van der Waals surface area contributed by atoms with Crippen LogP contribution in [0.5, 0.6) is 0 Å². The van der Waals surface area contributed by atoms with Crippen molar-refractivity contribution in [2.24, 2.45) is 0 Å². The van der Waals surface area contributed by atoms with Gasteiger partial charge < -0.3 is 20.7 Å². The summed E-state index contributed by atoms with van der Waals surface area (Å²) >= 11 is 0. The first-order chi connectivity index (χ1) is 9.82. The van der Waals surface area contributed by atoms with E-state index in [1.807, 2.05) is 0 Å². The van der Waals surface area contributed by atoms with Crippen molar-refractivity contribution in [1.82, 2.24) is 9.55 Å². The van der Waals surface area contributed by atoms with Crippen LogP contribution < -0.4 is 11.4 Å². The average molecular weight is 307 g/mol. The monoisotopic (exact) mass is 307 g/mol. The molecule has 3 atom stereocenters. The number of aliphatic hydroxyl groups is 2. The Balaban J connectivity index is 2.51. The van der Waals surface area contributed by atoms with Gasteiger partial charge in [-0.05, 0) is 6.08 Å². The van der Waals surface area contributed by atoms with E-state index in [0.717, 1.165) is 12.3 Å². The van der Waals surface area contributed by atoms with Crippen molar-refractivity contribution in [3.05, 3.63) is 28.6 Å². The van der Waals surface area contributed by atoms with Crippen LogP contribution in [0, 0.1) is 0 Å². The van der Waals surface area contributed by atoms with Crippen LogP contribution in [0.2, 0.25) is 0 Å². The highest BCUT2D eigenvalue weighted by atomic mass is 19.3. The molecule has 10 heteroatoms. The lowest BCUT2D eigenvalue weighted by Crippen LogP contribution is -2.42. The van der Waals surface area contributed by atoms with Crippen LogP contribution in [0.3, 0.4) is 0 Å². The number of nitrogens with zero attached hydrogens (tertiary/aromatic N) is 2. The Hall–Kier alpha value is -1.91. The minimum Gasteiger partial charge on any atom is -0.394 e. The number of anilines is 1. The van der Waals surface area contributed by atoms with E-state index < -0.39 is 36.7 Å². The summed E-state index contributed by atoms with van der Waals surface area (Å²) in [5.74, 6) is -4.18. The van der Waals surface area contributed by atoms with Gasteiger partial charge in [0, 0.05) is 11.8 Å². The smallest absolute Gasteiger partial charge is 0.351 e. The maximum atomic E-state index is 13.9. The lowest BCUT2D eigenvalue weighted by Gasteiger charge is -2.21. The number of hydrogen-bond acceptors (Lipinski definition) is 6. The van der Waals surface area contributed by atoms with Crippen molar-refractivity contribution in [2.75, 3.05) is 12.3 Å². The third kappa shape index (κ3) is 2.52. The SMILES string of the molecule is Nc1nc(=O)n(C2OC(CO)C(O)C2(F)F)cc1/C=C\F. The summed E-state index contributed by atoms with van der Waals surface area (Å²) in [7, 11) is 0. The Kier molecular flexibility index (Phi) is 4.03. The van der Waals surface area contributed by atoms with E-state index >= 15 is 0 Å². The number of nitrogen functional groups attached to an aromatic ring is 1. The minimum atomic E-state index is -3.84. The van der Waals surface area contributed by atoms with E-state index in [2.05, 4.69) is 4.98 Å². The molecule has 0 aromatic carbocycles. The molecule has 21 heavy (non-hydrogen) atoms. The zero-order valence-electron chi connectivity index (χ0n) is 10.5. The highest BCUT2D eigenvalue weighted by Crippen LogP contribution is 2.42. The van der Waals surface area contributed by atoms with E-state index in [4.69, 9.17) is 15.6 Å². The average Bonchev–Trinajstić information content (AvgIpc) is 2.65. The fraction of sp³-hybridized carbons (Fsp3) is 0.455. The summed E-state index contributed by atoms with van der Waals surface area (Å²) in [6.07, 6.45) is -4.28. The highest BCUT2D eigenvalue weighted by Gasteiger charge is 2.59. The number of nitrogens with two attached hydrogens (primary N) is 1. The maximum absolute atomic E-state index is 13.9. The highest BCUT2D eigenvalue weighted by molar-refractivity contribution is 5.58. The van der Waals surface area contributed by atoms with Crippen molar-refractivity contribution in [3.63, 3.8) is 0 Å². The molecule has 0 bridgehead atoms. The fourth-order valence-electron chi connectivity index (χ4n) is 1.98. The van der Waals surface area contributed by atoms with Crippen LogP contribution in [-0.4, -0.2) is 44.5 Å². The Labute approximate surface area is 116 Å². The topological polar surface area (TPSA) is 111 Å². The number of aromatic nitrogens is 2. The van der Waals surface area contributed by atoms with Crippen molar-refractivity contribution in [3.8, 4) is 0 Å². The van der Waals surface area contributed by atoms with Crippen LogP contribution in [-0.2, 0) is 4.74 Å². The van der Waals surface area contributed by atoms with Gasteiger partial charge in [-0.15, -0.1) is 0 Å². The lowest BCUT2D eigenvalue weighted by atomic mass is 10.1. The first-order valence-electron chi connectivity index (χ1n) is 5.80. The molecule has 7 nitrogen and oxygen atoms in total. The molecular formula is C11H12F3N3O4. The number of halogens is 3. The second-order valence-corrected chi connectivity index (χ2v) is 4.39. The normalized spacial score (nSPS) is 28.3. The van der Waals surface area contributed by atoms with E-state index in [9.17, 15) is 23.1 Å². The Morgan fingerprint density at radius 3 is 2.76 bits per heavy atom. The van der Waals surface area contributed by atoms with Crippen molar-refractivity contribution < 1.29 is 28.1 Å². The summed E-state index contributed by atoms with van der Waals surface area (Å²) in [6.45, 7) is -0.859. The lowest BCUT2D eigenvalue weighted by molar-refractivity contribution is -0.141. The van der Waals surface area contributed by atoms with Gasteiger partial charge in [-0.2, -0.15) is 13.8 Å². The van der Waals surface area contributed by atoms with Gasteiger partial charge in [0.25, 0.3) is 0 Å². The van der Waals surface area contributed by atoms with Crippen LogP contribution in [0.4, 0.5) is 19.0 Å². The van der Waals surface area contributed by atoms with Crippen LogP contribution in [0.25, 0.3) is 6.08 Å². The minimum absolute atomic E-state index is 0.0984. The van der Waals surface area contributed by atoms with Gasteiger partial charge in [0.15, 0.2) is 6.10 Å². The Morgan fingerprint density at radius 2 is 2.24 bits per heavy atom. The number of rotatable bonds is 3. The second-order valence-electron chi connectivity index (χ2n) is 4.39. The van der Waals surface area contributed by atoms with Crippen LogP contribution >= 0.6 is 0 Å². The largest absolute Gasteiger partial charge is 0.394 e. The molecule has 1 fully saturated rings. The summed E-state index contributed by atoms with van der Waals surface area (Å²) < 4.78 is 45.2. The predicted octanol–water partition coefficient (Wildman–Crippen LogP) is -0.348. The summed E-state index contributed by atoms with van der Waals surface area (Å²) in [6, 6.07) is 0. The standard InChI is InChI=1S/C11H12F3N3O4/c12-2-1-5-3-17(10(20)16-8(5)15)9-11(13,14)7(19)6(4-18)21-9/h1-3,6-7,9,18-19H,4H2,(H2,15,16,20)/b2-1-. The molecule has 3 unspecified atom stereocenters. The van der Waals surface area contributed by atoms with Crippen molar-refractivity contribution >= 4 is 11.9 Å². The molecule has 0 saturated carbocycles. The molecule has 2 heterocycles. The van der Waals surface area contributed by atoms with Gasteiger partial charge in [0.1, 0.15) is 11.9 Å². The number of hydrogen-bond donors (Lipinski definition) is 3. The van der Waals surface area contributed by atoms with E-state index in [0.29, 0.717) is 4.57 Å². The van der Waals surface area contributed by atoms with Gasteiger partial charge >= 0.3 is 11.6 Å². The van der Waals surface area contributed by atoms with Crippen LogP contribution in [0.15, 0.2) is 17.3 Å².